The van der Waals surface area contributed by atoms with Gasteiger partial charge in [-0.15, -0.1) is 11.3 Å². The van der Waals surface area contributed by atoms with Crippen LogP contribution in [0.4, 0.5) is 22.0 Å². The molecule has 0 bridgehead atoms. The van der Waals surface area contributed by atoms with E-state index in [-0.39, 0.29) is 34.2 Å². The molecule has 3 aromatic rings. The molecular weight excluding hydrogens is 495 g/mol. The third-order valence-electron chi connectivity index (χ3n) is 5.21. The lowest BCUT2D eigenvalue weighted by atomic mass is 10.1. The molecule has 11 heteroatoms. The zero-order chi connectivity index (χ0) is 25.6. The van der Waals surface area contributed by atoms with Crippen LogP contribution in [0.1, 0.15) is 33.3 Å². The van der Waals surface area contributed by atoms with Crippen molar-refractivity contribution < 1.29 is 45.8 Å². The maximum Gasteiger partial charge on any atom is 0.352 e. The summed E-state index contributed by atoms with van der Waals surface area (Å²) in [5, 5.41) is 1.87. The van der Waals surface area contributed by atoms with Crippen molar-refractivity contribution in [2.75, 3.05) is 0 Å². The Bertz CT molecular complexity index is 1380. The average molecular weight is 510 g/mol. The Balaban J connectivity index is 1.55. The van der Waals surface area contributed by atoms with Gasteiger partial charge in [0.05, 0.1) is 5.56 Å². The SMILES string of the molecule is Cc1ccsc1/C=C1\Oc2c(ccc(OC(=O)C(C)Oc3c(F)c(F)c(F)c(F)c3F)c2C)C1=O. The van der Waals surface area contributed by atoms with Gasteiger partial charge in [0.25, 0.3) is 0 Å². The first kappa shape index (κ1) is 24.4. The highest BCUT2D eigenvalue weighted by Gasteiger charge is 2.33. The molecule has 0 N–H and O–H groups in total. The first-order valence-electron chi connectivity index (χ1n) is 10.0. The van der Waals surface area contributed by atoms with E-state index in [4.69, 9.17) is 14.2 Å². The van der Waals surface area contributed by atoms with Crippen molar-refractivity contribution >= 4 is 29.2 Å². The van der Waals surface area contributed by atoms with Gasteiger partial charge in [0.1, 0.15) is 11.5 Å². The molecule has 182 valence electrons. The van der Waals surface area contributed by atoms with Gasteiger partial charge in [0.2, 0.25) is 34.9 Å². The molecule has 2 heterocycles. The Morgan fingerprint density at radius 1 is 1.00 bits per heavy atom. The van der Waals surface area contributed by atoms with Gasteiger partial charge in [0, 0.05) is 16.5 Å². The van der Waals surface area contributed by atoms with Gasteiger partial charge in [-0.05, 0) is 49.9 Å². The zero-order valence-corrected chi connectivity index (χ0v) is 19.1. The Morgan fingerprint density at radius 2 is 1.63 bits per heavy atom. The number of hydrogen-bond donors (Lipinski definition) is 0. The van der Waals surface area contributed by atoms with Crippen LogP contribution in [0, 0.1) is 42.9 Å². The van der Waals surface area contributed by atoms with E-state index in [2.05, 4.69) is 0 Å². The number of rotatable bonds is 5. The maximum absolute atomic E-state index is 13.9. The van der Waals surface area contributed by atoms with Crippen molar-refractivity contribution in [1.82, 2.24) is 0 Å². The highest BCUT2D eigenvalue weighted by atomic mass is 32.1. The predicted molar refractivity (Wildman–Crippen MR) is 115 cm³/mol. The number of benzene rings is 2. The van der Waals surface area contributed by atoms with E-state index in [0.29, 0.717) is 0 Å². The second-order valence-corrected chi connectivity index (χ2v) is 8.50. The van der Waals surface area contributed by atoms with E-state index in [0.717, 1.165) is 17.4 Å². The Hall–Kier alpha value is -3.73. The summed E-state index contributed by atoms with van der Waals surface area (Å²) < 4.78 is 83.3. The molecule has 35 heavy (non-hydrogen) atoms. The van der Waals surface area contributed by atoms with E-state index in [1.165, 1.54) is 30.4 Å². The molecule has 1 aliphatic heterocycles. The third kappa shape index (κ3) is 4.27. The van der Waals surface area contributed by atoms with Gasteiger partial charge < -0.3 is 14.2 Å². The maximum atomic E-state index is 13.9. The van der Waals surface area contributed by atoms with E-state index in [1.807, 2.05) is 18.4 Å². The van der Waals surface area contributed by atoms with Crippen LogP contribution in [0.2, 0.25) is 0 Å². The highest BCUT2D eigenvalue weighted by molar-refractivity contribution is 7.11. The fourth-order valence-electron chi connectivity index (χ4n) is 3.23. The molecule has 1 aliphatic rings. The average Bonchev–Trinajstić information content (AvgIpc) is 3.38. The lowest BCUT2D eigenvalue weighted by Gasteiger charge is -2.16. The van der Waals surface area contributed by atoms with Crippen LogP contribution >= 0.6 is 11.3 Å². The largest absolute Gasteiger partial charge is 0.473 e. The smallest absolute Gasteiger partial charge is 0.352 e. The first-order chi connectivity index (χ1) is 16.5. The van der Waals surface area contributed by atoms with Gasteiger partial charge in [-0.3, -0.25) is 4.79 Å². The molecule has 0 fully saturated rings. The van der Waals surface area contributed by atoms with E-state index in [1.54, 1.807) is 6.08 Å². The molecule has 1 aromatic heterocycles. The number of esters is 1. The Morgan fingerprint density at radius 3 is 2.23 bits per heavy atom. The number of carbonyl (C=O) groups excluding carboxylic acids is 2. The minimum absolute atomic E-state index is 0.0528. The minimum Gasteiger partial charge on any atom is -0.473 e. The highest BCUT2D eigenvalue weighted by Crippen LogP contribution is 2.40. The number of aryl methyl sites for hydroxylation is 1. The molecule has 1 atom stereocenters. The van der Waals surface area contributed by atoms with Crippen molar-refractivity contribution in [1.29, 1.82) is 0 Å². The molecule has 0 radical (unpaired) electrons. The number of Topliss-reactive ketones (excluding diaryl/α,β-unsaturated/α-hetero) is 1. The molecule has 1 unspecified atom stereocenters. The molecule has 2 aromatic carbocycles. The van der Waals surface area contributed by atoms with Crippen LogP contribution in [-0.4, -0.2) is 17.9 Å². The Kier molecular flexibility index (Phi) is 6.37. The lowest BCUT2D eigenvalue weighted by Crippen LogP contribution is -2.29. The van der Waals surface area contributed by atoms with Crippen molar-refractivity contribution in [3.05, 3.63) is 80.0 Å². The van der Waals surface area contributed by atoms with Crippen molar-refractivity contribution in [3.63, 3.8) is 0 Å². The van der Waals surface area contributed by atoms with Gasteiger partial charge >= 0.3 is 5.97 Å². The molecule has 0 amide bonds. The van der Waals surface area contributed by atoms with Crippen LogP contribution in [0.3, 0.4) is 0 Å². The molecular formula is C24H15F5O5S. The summed E-state index contributed by atoms with van der Waals surface area (Å²) in [7, 11) is 0. The van der Waals surface area contributed by atoms with Gasteiger partial charge in [0.15, 0.2) is 17.6 Å². The monoisotopic (exact) mass is 510 g/mol. The molecule has 0 saturated heterocycles. The summed E-state index contributed by atoms with van der Waals surface area (Å²) in [6, 6.07) is 4.59. The molecule has 0 spiro atoms. The first-order valence-corrected chi connectivity index (χ1v) is 10.9. The van der Waals surface area contributed by atoms with Crippen LogP contribution in [0.5, 0.6) is 17.2 Å². The molecule has 4 rings (SSSR count). The van der Waals surface area contributed by atoms with Crippen molar-refractivity contribution in [2.45, 2.75) is 26.9 Å². The summed E-state index contributed by atoms with van der Waals surface area (Å²) in [5.74, 6) is -14.2. The molecule has 0 aliphatic carbocycles. The topological polar surface area (TPSA) is 61.8 Å². The van der Waals surface area contributed by atoms with E-state index in [9.17, 15) is 31.5 Å². The predicted octanol–water partition coefficient (Wildman–Crippen LogP) is 6.05. The second kappa shape index (κ2) is 9.14. The van der Waals surface area contributed by atoms with Crippen molar-refractivity contribution in [3.8, 4) is 17.2 Å². The lowest BCUT2D eigenvalue weighted by molar-refractivity contribution is -0.141. The second-order valence-electron chi connectivity index (χ2n) is 7.55. The van der Waals surface area contributed by atoms with Crippen LogP contribution < -0.4 is 14.2 Å². The summed E-state index contributed by atoms with van der Waals surface area (Å²) in [5.41, 5.74) is 1.48. The number of carbonyl (C=O) groups is 2. The quantitative estimate of drug-likeness (QED) is 0.104. The number of ether oxygens (including phenoxy) is 3. The zero-order valence-electron chi connectivity index (χ0n) is 18.3. The third-order valence-corrected chi connectivity index (χ3v) is 6.17. The number of fused-ring (bicyclic) bond motifs is 1. The number of hydrogen-bond acceptors (Lipinski definition) is 6. The summed E-state index contributed by atoms with van der Waals surface area (Å²) in [4.78, 5) is 26.0. The number of halogens is 5. The van der Waals surface area contributed by atoms with E-state index < -0.39 is 46.9 Å². The fraction of sp³-hybridized carbons (Fsp3) is 0.167. The van der Waals surface area contributed by atoms with Crippen LogP contribution in [-0.2, 0) is 4.79 Å². The molecule has 5 nitrogen and oxygen atoms in total. The summed E-state index contributed by atoms with van der Waals surface area (Å²) >= 11 is 1.43. The fourth-order valence-corrected chi connectivity index (χ4v) is 4.08. The standard InChI is InChI=1S/C24H15F5O5S/c1-9-6-7-35-15(9)8-14-21(30)12-4-5-13(10(2)22(12)33-14)34-24(31)11(3)32-23-19(28)17(26)16(25)18(27)20(23)29/h4-8,11H,1-3H3/b14-8-. The van der Waals surface area contributed by atoms with Gasteiger partial charge in [-0.1, -0.05) is 0 Å². The van der Waals surface area contributed by atoms with Gasteiger partial charge in [-0.25, -0.2) is 18.0 Å². The Labute approximate surface area is 199 Å². The molecule has 0 saturated carbocycles. The van der Waals surface area contributed by atoms with E-state index >= 15 is 0 Å². The van der Waals surface area contributed by atoms with Crippen LogP contribution in [0.15, 0.2) is 29.3 Å². The van der Waals surface area contributed by atoms with Crippen molar-refractivity contribution in [2.24, 2.45) is 0 Å². The summed E-state index contributed by atoms with van der Waals surface area (Å²) in [6.07, 6.45) is -0.149. The van der Waals surface area contributed by atoms with Crippen LogP contribution in [0.25, 0.3) is 6.08 Å². The number of thiophene rings is 1. The normalized spacial score (nSPS) is 14.6. The van der Waals surface area contributed by atoms with Gasteiger partial charge in [-0.2, -0.15) is 8.78 Å². The summed E-state index contributed by atoms with van der Waals surface area (Å²) in [6.45, 7) is 4.41. The number of ketones is 1. The minimum atomic E-state index is -2.35. The number of allylic oxidation sites excluding steroid dienone is 1.